The van der Waals surface area contributed by atoms with Crippen LogP contribution in [0.15, 0.2) is 34.3 Å². The van der Waals surface area contributed by atoms with E-state index in [4.69, 9.17) is 12.2 Å². The lowest BCUT2D eigenvalue weighted by Gasteiger charge is -2.34. The second-order valence-corrected chi connectivity index (χ2v) is 8.47. The van der Waals surface area contributed by atoms with Gasteiger partial charge in [0.2, 0.25) is 0 Å². The lowest BCUT2D eigenvalue weighted by Crippen LogP contribution is -2.31. The number of anilines is 1. The summed E-state index contributed by atoms with van der Waals surface area (Å²) in [4.78, 5) is 0.521. The van der Waals surface area contributed by atoms with E-state index in [1.54, 1.807) is 24.3 Å². The van der Waals surface area contributed by atoms with Crippen molar-refractivity contribution in [1.82, 2.24) is 5.43 Å². The first-order valence-electron chi connectivity index (χ1n) is 7.91. The van der Waals surface area contributed by atoms with E-state index in [-0.39, 0.29) is 5.41 Å². The monoisotopic (exact) mass is 371 g/mol. The minimum atomic E-state index is -2.41. The van der Waals surface area contributed by atoms with Crippen molar-refractivity contribution in [3.05, 3.63) is 24.3 Å². The van der Waals surface area contributed by atoms with Crippen LogP contribution in [-0.4, -0.2) is 16.6 Å². The second-order valence-electron chi connectivity index (χ2n) is 7.00. The second kappa shape index (κ2) is 8.25. The molecule has 7 heteroatoms. The Hall–Kier alpha value is -1.21. The van der Waals surface area contributed by atoms with E-state index in [9.17, 15) is 8.78 Å². The van der Waals surface area contributed by atoms with Gasteiger partial charge in [-0.2, -0.15) is 13.9 Å². The first-order valence-corrected chi connectivity index (χ1v) is 9.19. The maximum atomic E-state index is 12.3. The molecule has 0 aromatic heterocycles. The first kappa shape index (κ1) is 19.1. The summed E-state index contributed by atoms with van der Waals surface area (Å²) in [7, 11) is 0. The molecule has 1 saturated carbocycles. The average Bonchev–Trinajstić information content (AvgIpc) is 2.45. The van der Waals surface area contributed by atoms with E-state index in [0.717, 1.165) is 24.2 Å². The van der Waals surface area contributed by atoms with Gasteiger partial charge in [0.25, 0.3) is 5.76 Å². The molecule has 1 fully saturated rings. The number of nitrogens with one attached hydrogen (secondary N) is 2. The molecule has 1 aromatic carbocycles. The molecule has 1 aliphatic rings. The average molecular weight is 372 g/mol. The number of benzene rings is 1. The molecule has 0 spiro atoms. The molecule has 0 saturated heterocycles. The van der Waals surface area contributed by atoms with Gasteiger partial charge in [-0.1, -0.05) is 32.5 Å². The number of thiocarbonyl (C=S) groups is 1. The van der Waals surface area contributed by atoms with Crippen molar-refractivity contribution in [3.8, 4) is 0 Å². The normalized spacial score (nSPS) is 21.8. The summed E-state index contributed by atoms with van der Waals surface area (Å²) in [5.74, 6) is -1.79. The predicted octanol–water partition coefficient (Wildman–Crippen LogP) is 5.49. The molecule has 0 amide bonds. The van der Waals surface area contributed by atoms with E-state index in [2.05, 4.69) is 36.6 Å². The molecule has 2 N–H and O–H groups in total. The molecule has 0 heterocycles. The number of thioether (sulfide) groups is 1. The Balaban J connectivity index is 1.88. The number of hydrazone groups is 1. The van der Waals surface area contributed by atoms with Gasteiger partial charge in [0, 0.05) is 16.3 Å². The van der Waals surface area contributed by atoms with Crippen molar-refractivity contribution in [2.45, 2.75) is 50.7 Å². The Bertz CT molecular complexity index is 600. The van der Waals surface area contributed by atoms with E-state index >= 15 is 0 Å². The Kier molecular flexibility index (Phi) is 6.57. The third-order valence-electron chi connectivity index (χ3n) is 3.82. The highest BCUT2D eigenvalue weighted by atomic mass is 32.2. The van der Waals surface area contributed by atoms with Crippen molar-refractivity contribution in [2.24, 2.45) is 16.4 Å². The number of nitrogens with zero attached hydrogens (tertiary/aromatic N) is 1. The molecule has 1 aliphatic carbocycles. The third-order valence-corrected chi connectivity index (χ3v) is 4.74. The van der Waals surface area contributed by atoms with E-state index in [1.165, 1.54) is 6.42 Å². The van der Waals surface area contributed by atoms with Gasteiger partial charge < -0.3 is 5.32 Å². The van der Waals surface area contributed by atoms with Crippen LogP contribution in [0.4, 0.5) is 14.5 Å². The van der Waals surface area contributed by atoms with Crippen LogP contribution in [0.1, 0.15) is 40.0 Å². The molecule has 0 radical (unpaired) electrons. The maximum absolute atomic E-state index is 12.3. The van der Waals surface area contributed by atoms with Crippen molar-refractivity contribution in [2.75, 3.05) is 5.32 Å². The van der Waals surface area contributed by atoms with Crippen LogP contribution in [0, 0.1) is 11.3 Å². The van der Waals surface area contributed by atoms with Gasteiger partial charge in [-0.05, 0) is 67.1 Å². The number of hydrogen-bond donors (Lipinski definition) is 2. The minimum Gasteiger partial charge on any atom is -0.331 e. The van der Waals surface area contributed by atoms with Crippen LogP contribution in [-0.2, 0) is 0 Å². The Morgan fingerprint density at radius 3 is 2.58 bits per heavy atom. The molecular weight excluding hydrogens is 348 g/mol. The summed E-state index contributed by atoms with van der Waals surface area (Å²) >= 11 is 5.76. The molecule has 132 valence electrons. The summed E-state index contributed by atoms with van der Waals surface area (Å²) in [6.07, 6.45) is 3.16. The number of rotatable bonds is 4. The SMILES string of the molecule is CC1C/C(=N/NC(=S)Nc2ccc(SC(F)F)cc2)CC(C)(C)C1. The topological polar surface area (TPSA) is 36.4 Å². The number of alkyl halides is 2. The minimum absolute atomic E-state index is 0.269. The van der Waals surface area contributed by atoms with Gasteiger partial charge in [-0.25, -0.2) is 0 Å². The van der Waals surface area contributed by atoms with Gasteiger partial charge >= 0.3 is 0 Å². The van der Waals surface area contributed by atoms with Crippen molar-refractivity contribution in [3.63, 3.8) is 0 Å². The number of halogens is 2. The zero-order chi connectivity index (χ0) is 17.7. The molecular formula is C17H23F2N3S2. The quantitative estimate of drug-likeness (QED) is 0.417. The Morgan fingerprint density at radius 1 is 1.33 bits per heavy atom. The maximum Gasteiger partial charge on any atom is 0.288 e. The van der Waals surface area contributed by atoms with E-state index in [1.807, 2.05) is 0 Å². The lowest BCUT2D eigenvalue weighted by molar-refractivity contribution is 0.252. The van der Waals surface area contributed by atoms with E-state index in [0.29, 0.717) is 27.7 Å². The van der Waals surface area contributed by atoms with Crippen LogP contribution in [0.25, 0.3) is 0 Å². The lowest BCUT2D eigenvalue weighted by atomic mass is 9.72. The molecule has 24 heavy (non-hydrogen) atoms. The van der Waals surface area contributed by atoms with Gasteiger partial charge in [-0.3, -0.25) is 5.43 Å². The summed E-state index contributed by atoms with van der Waals surface area (Å²) in [5.41, 5.74) is 5.03. The molecule has 1 unspecified atom stereocenters. The van der Waals surface area contributed by atoms with Crippen LogP contribution in [0.2, 0.25) is 0 Å². The van der Waals surface area contributed by atoms with Crippen LogP contribution in [0.3, 0.4) is 0 Å². The van der Waals surface area contributed by atoms with Gasteiger partial charge in [0.05, 0.1) is 0 Å². The van der Waals surface area contributed by atoms with Crippen molar-refractivity contribution in [1.29, 1.82) is 0 Å². The van der Waals surface area contributed by atoms with Crippen LogP contribution >= 0.6 is 24.0 Å². The molecule has 0 bridgehead atoms. The fourth-order valence-electron chi connectivity index (χ4n) is 3.21. The largest absolute Gasteiger partial charge is 0.331 e. The highest BCUT2D eigenvalue weighted by Gasteiger charge is 2.29. The van der Waals surface area contributed by atoms with E-state index < -0.39 is 5.76 Å². The summed E-state index contributed by atoms with van der Waals surface area (Å²) in [6.45, 7) is 6.76. The summed E-state index contributed by atoms with van der Waals surface area (Å²) in [6, 6.07) is 6.72. The molecule has 1 atom stereocenters. The zero-order valence-corrected chi connectivity index (χ0v) is 15.7. The molecule has 3 nitrogen and oxygen atoms in total. The fraction of sp³-hybridized carbons (Fsp3) is 0.529. The van der Waals surface area contributed by atoms with Crippen molar-refractivity contribution >= 4 is 40.5 Å². The first-order chi connectivity index (χ1) is 11.2. The van der Waals surface area contributed by atoms with Crippen LogP contribution in [0.5, 0.6) is 0 Å². The van der Waals surface area contributed by atoms with Gasteiger partial charge in [0.15, 0.2) is 5.11 Å². The van der Waals surface area contributed by atoms with Gasteiger partial charge in [0.1, 0.15) is 0 Å². The van der Waals surface area contributed by atoms with Crippen LogP contribution < -0.4 is 10.7 Å². The standard InChI is InChI=1S/C17H23F2N3S2/c1-11-8-13(10-17(2,3)9-11)21-22-16(23)20-12-4-6-14(7-5-12)24-15(18)19/h4-7,11,15H,8-10H2,1-3H3,(H2,20,22,23)/b21-13-. The Labute approximate surface area is 151 Å². The number of hydrogen-bond acceptors (Lipinski definition) is 3. The smallest absolute Gasteiger partial charge is 0.288 e. The summed E-state index contributed by atoms with van der Waals surface area (Å²) in [5, 5.41) is 7.85. The zero-order valence-electron chi connectivity index (χ0n) is 14.1. The molecule has 0 aliphatic heterocycles. The van der Waals surface area contributed by atoms with Gasteiger partial charge in [-0.15, -0.1) is 0 Å². The molecule has 1 aromatic rings. The predicted molar refractivity (Wildman–Crippen MR) is 102 cm³/mol. The fourth-order valence-corrected chi connectivity index (χ4v) is 3.87. The van der Waals surface area contributed by atoms with Crippen molar-refractivity contribution < 1.29 is 8.78 Å². The highest BCUT2D eigenvalue weighted by molar-refractivity contribution is 7.99. The highest BCUT2D eigenvalue weighted by Crippen LogP contribution is 2.36. The molecule has 2 rings (SSSR count). The summed E-state index contributed by atoms with van der Waals surface area (Å²) < 4.78 is 24.6. The third kappa shape index (κ3) is 6.36. The Morgan fingerprint density at radius 2 is 2.00 bits per heavy atom.